The molecule has 15 heavy (non-hydrogen) atoms. The minimum Gasteiger partial charge on any atom is -0.497 e. The van der Waals surface area contributed by atoms with Crippen molar-refractivity contribution in [1.82, 2.24) is 0 Å². The molecule has 3 nitrogen and oxygen atoms in total. The van der Waals surface area contributed by atoms with Crippen molar-refractivity contribution >= 4 is 0 Å². The van der Waals surface area contributed by atoms with Gasteiger partial charge in [-0.1, -0.05) is 0 Å². The van der Waals surface area contributed by atoms with Crippen LogP contribution in [-0.2, 0) is 0 Å². The van der Waals surface area contributed by atoms with Crippen LogP contribution in [0.2, 0.25) is 0 Å². The zero-order chi connectivity index (χ0) is 10.8. The molecule has 0 heterocycles. The first-order chi connectivity index (χ1) is 7.24. The molecule has 0 bridgehead atoms. The Morgan fingerprint density at radius 2 is 2.20 bits per heavy atom. The number of benzene rings is 1. The average Bonchev–Trinajstić information content (AvgIpc) is 2.24. The van der Waals surface area contributed by atoms with Crippen LogP contribution in [0.5, 0.6) is 5.75 Å². The van der Waals surface area contributed by atoms with Crippen LogP contribution in [0.1, 0.15) is 29.9 Å². The SMILES string of the molecule is COc1ccc(C#N)c(C2CC(N)C2)c1. The van der Waals surface area contributed by atoms with Crippen LogP contribution in [-0.4, -0.2) is 13.2 Å². The van der Waals surface area contributed by atoms with Gasteiger partial charge in [-0.25, -0.2) is 0 Å². The predicted molar refractivity (Wildman–Crippen MR) is 57.7 cm³/mol. The van der Waals surface area contributed by atoms with Gasteiger partial charge in [0.2, 0.25) is 0 Å². The molecule has 0 spiro atoms. The van der Waals surface area contributed by atoms with Crippen molar-refractivity contribution in [2.45, 2.75) is 24.8 Å². The van der Waals surface area contributed by atoms with Crippen LogP contribution in [0.25, 0.3) is 0 Å². The fourth-order valence-electron chi connectivity index (χ4n) is 2.02. The second-order valence-electron chi connectivity index (χ2n) is 3.99. The molecular weight excluding hydrogens is 188 g/mol. The summed E-state index contributed by atoms with van der Waals surface area (Å²) in [5.74, 6) is 1.24. The van der Waals surface area contributed by atoms with Crippen LogP contribution in [0.3, 0.4) is 0 Å². The number of nitriles is 1. The molecule has 1 fully saturated rings. The number of hydrogen-bond donors (Lipinski definition) is 1. The van der Waals surface area contributed by atoms with E-state index in [-0.39, 0.29) is 0 Å². The maximum absolute atomic E-state index is 8.99. The van der Waals surface area contributed by atoms with Gasteiger partial charge in [0.15, 0.2) is 0 Å². The van der Waals surface area contributed by atoms with Crippen molar-refractivity contribution in [2.75, 3.05) is 7.11 Å². The molecule has 0 atom stereocenters. The molecule has 1 aliphatic rings. The first-order valence-electron chi connectivity index (χ1n) is 5.08. The lowest BCUT2D eigenvalue weighted by molar-refractivity contribution is 0.349. The van der Waals surface area contributed by atoms with Crippen molar-refractivity contribution in [2.24, 2.45) is 5.73 Å². The largest absolute Gasteiger partial charge is 0.497 e. The van der Waals surface area contributed by atoms with Gasteiger partial charge in [0, 0.05) is 6.04 Å². The molecule has 0 saturated heterocycles. The highest BCUT2D eigenvalue weighted by atomic mass is 16.5. The third kappa shape index (κ3) is 1.81. The van der Waals surface area contributed by atoms with E-state index in [1.54, 1.807) is 7.11 Å². The summed E-state index contributed by atoms with van der Waals surface area (Å²) in [6.45, 7) is 0. The number of methoxy groups -OCH3 is 1. The van der Waals surface area contributed by atoms with Gasteiger partial charge in [0.05, 0.1) is 18.7 Å². The first kappa shape index (κ1) is 10.0. The molecule has 2 rings (SSSR count). The van der Waals surface area contributed by atoms with Crippen LogP contribution in [0.15, 0.2) is 18.2 Å². The molecule has 2 N–H and O–H groups in total. The molecule has 78 valence electrons. The lowest BCUT2D eigenvalue weighted by Crippen LogP contribution is -2.35. The fraction of sp³-hybridized carbons (Fsp3) is 0.417. The second-order valence-corrected chi connectivity index (χ2v) is 3.99. The Labute approximate surface area is 89.5 Å². The Morgan fingerprint density at radius 3 is 2.73 bits per heavy atom. The molecule has 1 aliphatic carbocycles. The van der Waals surface area contributed by atoms with E-state index in [0.29, 0.717) is 12.0 Å². The number of nitrogens with zero attached hydrogens (tertiary/aromatic N) is 1. The molecule has 1 aromatic rings. The van der Waals surface area contributed by atoms with Crippen molar-refractivity contribution in [3.05, 3.63) is 29.3 Å². The van der Waals surface area contributed by atoms with E-state index in [0.717, 1.165) is 29.7 Å². The van der Waals surface area contributed by atoms with E-state index < -0.39 is 0 Å². The number of rotatable bonds is 2. The summed E-state index contributed by atoms with van der Waals surface area (Å²) in [6, 6.07) is 8.10. The molecule has 0 aliphatic heterocycles. The van der Waals surface area contributed by atoms with Crippen molar-refractivity contribution in [3.63, 3.8) is 0 Å². The topological polar surface area (TPSA) is 59.0 Å². The maximum Gasteiger partial charge on any atom is 0.119 e. The Morgan fingerprint density at radius 1 is 1.47 bits per heavy atom. The van der Waals surface area contributed by atoms with Crippen LogP contribution >= 0.6 is 0 Å². The minimum atomic E-state index is 0.299. The van der Waals surface area contributed by atoms with Crippen molar-refractivity contribution < 1.29 is 4.74 Å². The highest BCUT2D eigenvalue weighted by Gasteiger charge is 2.29. The maximum atomic E-state index is 8.99. The zero-order valence-electron chi connectivity index (χ0n) is 8.73. The van der Waals surface area contributed by atoms with Gasteiger partial charge in [0.1, 0.15) is 5.75 Å². The highest BCUT2D eigenvalue weighted by molar-refractivity contribution is 5.45. The standard InChI is InChI=1S/C12H14N2O/c1-15-11-3-2-8(7-13)12(6-11)9-4-10(14)5-9/h2-3,6,9-10H,4-5,14H2,1H3. The van der Waals surface area contributed by atoms with E-state index >= 15 is 0 Å². The van der Waals surface area contributed by atoms with E-state index in [2.05, 4.69) is 6.07 Å². The van der Waals surface area contributed by atoms with Gasteiger partial charge in [0.25, 0.3) is 0 Å². The third-order valence-electron chi connectivity index (χ3n) is 2.99. The van der Waals surface area contributed by atoms with E-state index in [1.807, 2.05) is 18.2 Å². The van der Waals surface area contributed by atoms with Gasteiger partial charge in [-0.3, -0.25) is 0 Å². The fourth-order valence-corrected chi connectivity index (χ4v) is 2.02. The molecule has 0 amide bonds. The van der Waals surface area contributed by atoms with Crippen LogP contribution < -0.4 is 10.5 Å². The lowest BCUT2D eigenvalue weighted by atomic mass is 9.75. The summed E-state index contributed by atoms with van der Waals surface area (Å²) in [6.07, 6.45) is 1.95. The second kappa shape index (κ2) is 3.92. The lowest BCUT2D eigenvalue weighted by Gasteiger charge is -2.33. The molecule has 3 heteroatoms. The number of hydrogen-bond acceptors (Lipinski definition) is 3. The van der Waals surface area contributed by atoms with Crippen LogP contribution in [0.4, 0.5) is 0 Å². The van der Waals surface area contributed by atoms with Crippen molar-refractivity contribution in [1.29, 1.82) is 5.26 Å². The Balaban J connectivity index is 2.31. The summed E-state index contributed by atoms with van der Waals surface area (Å²) in [7, 11) is 1.64. The zero-order valence-corrected chi connectivity index (χ0v) is 8.73. The molecule has 0 unspecified atom stereocenters. The average molecular weight is 202 g/mol. The van der Waals surface area contributed by atoms with Gasteiger partial charge in [-0.15, -0.1) is 0 Å². The Kier molecular flexibility index (Phi) is 2.61. The smallest absolute Gasteiger partial charge is 0.119 e. The van der Waals surface area contributed by atoms with Gasteiger partial charge >= 0.3 is 0 Å². The number of nitrogens with two attached hydrogens (primary N) is 1. The highest BCUT2D eigenvalue weighted by Crippen LogP contribution is 2.38. The summed E-state index contributed by atoms with van der Waals surface area (Å²) in [5, 5.41) is 8.99. The number of ether oxygens (including phenoxy) is 1. The van der Waals surface area contributed by atoms with Crippen molar-refractivity contribution in [3.8, 4) is 11.8 Å². The van der Waals surface area contributed by atoms with E-state index in [4.69, 9.17) is 15.7 Å². The van der Waals surface area contributed by atoms with Gasteiger partial charge in [-0.2, -0.15) is 5.26 Å². The molecule has 0 radical (unpaired) electrons. The molecule has 0 aromatic heterocycles. The van der Waals surface area contributed by atoms with E-state index in [1.165, 1.54) is 0 Å². The van der Waals surface area contributed by atoms with Crippen LogP contribution in [0, 0.1) is 11.3 Å². The summed E-state index contributed by atoms with van der Waals surface area (Å²) in [5.41, 5.74) is 7.58. The normalized spacial score (nSPS) is 24.1. The van der Waals surface area contributed by atoms with Gasteiger partial charge in [-0.05, 0) is 42.5 Å². The van der Waals surface area contributed by atoms with Gasteiger partial charge < -0.3 is 10.5 Å². The van der Waals surface area contributed by atoms with E-state index in [9.17, 15) is 0 Å². The molecule has 1 saturated carbocycles. The summed E-state index contributed by atoms with van der Waals surface area (Å²) in [4.78, 5) is 0. The first-order valence-corrected chi connectivity index (χ1v) is 5.08. The monoisotopic (exact) mass is 202 g/mol. The summed E-state index contributed by atoms with van der Waals surface area (Å²) >= 11 is 0. The Hall–Kier alpha value is -1.53. The summed E-state index contributed by atoms with van der Waals surface area (Å²) < 4.78 is 5.16. The predicted octanol–water partition coefficient (Wildman–Crippen LogP) is 1.77. The quantitative estimate of drug-likeness (QED) is 0.795. The Bertz CT molecular complexity index is 403. The molecule has 1 aromatic carbocycles. The molecular formula is C12H14N2O. The third-order valence-corrected chi connectivity index (χ3v) is 2.99. The minimum absolute atomic E-state index is 0.299.